The lowest BCUT2D eigenvalue weighted by Crippen LogP contribution is -2.15. The highest BCUT2D eigenvalue weighted by molar-refractivity contribution is 6.30. The lowest BCUT2D eigenvalue weighted by molar-refractivity contribution is 0.477. The lowest BCUT2D eigenvalue weighted by Gasteiger charge is -2.10. The Morgan fingerprint density at radius 1 is 1.10 bits per heavy atom. The standard InChI is InChI=1S/C22H20ClN5O2/c1-14-3-2-4-18(11-14)28-22(30)26-21(27-28)25-17-8-5-15(6-9-17)13-24-19-12-16(23)7-10-20(19)29/h2-12,24,29H,13H2,1H3,(H2,25,26,27,30). The number of hydrogen-bond donors (Lipinski definition) is 4. The zero-order chi connectivity index (χ0) is 21.1. The number of aromatic nitrogens is 3. The fraction of sp³-hybridized carbons (Fsp3) is 0.0909. The van der Waals surface area contributed by atoms with Crippen molar-refractivity contribution in [3.05, 3.63) is 93.4 Å². The van der Waals surface area contributed by atoms with Crippen molar-refractivity contribution in [2.45, 2.75) is 13.5 Å². The van der Waals surface area contributed by atoms with Crippen LogP contribution in [0.3, 0.4) is 0 Å². The maximum absolute atomic E-state index is 12.2. The van der Waals surface area contributed by atoms with Gasteiger partial charge in [-0.15, -0.1) is 5.10 Å². The Morgan fingerprint density at radius 3 is 2.67 bits per heavy atom. The van der Waals surface area contributed by atoms with E-state index in [1.165, 1.54) is 4.68 Å². The molecule has 0 saturated carbocycles. The average molecular weight is 422 g/mol. The number of aromatic amines is 1. The lowest BCUT2D eigenvalue weighted by atomic mass is 10.2. The quantitative estimate of drug-likeness (QED) is 0.342. The minimum atomic E-state index is -0.315. The van der Waals surface area contributed by atoms with Crippen molar-refractivity contribution in [1.29, 1.82) is 0 Å². The summed E-state index contributed by atoms with van der Waals surface area (Å²) in [6.45, 7) is 2.48. The van der Waals surface area contributed by atoms with Crippen molar-refractivity contribution in [3.8, 4) is 11.4 Å². The third kappa shape index (κ3) is 4.47. The number of hydrogen-bond acceptors (Lipinski definition) is 5. The van der Waals surface area contributed by atoms with Gasteiger partial charge >= 0.3 is 5.69 Å². The van der Waals surface area contributed by atoms with E-state index in [1.807, 2.05) is 55.5 Å². The second-order valence-electron chi connectivity index (χ2n) is 6.87. The molecule has 3 aromatic carbocycles. The molecule has 0 aliphatic heterocycles. The summed E-state index contributed by atoms with van der Waals surface area (Å²) in [6, 6.07) is 20.1. The Kier molecular flexibility index (Phi) is 5.45. The van der Waals surface area contributed by atoms with Crippen LogP contribution in [0.1, 0.15) is 11.1 Å². The van der Waals surface area contributed by atoms with Gasteiger partial charge in [-0.3, -0.25) is 4.98 Å². The molecule has 0 radical (unpaired) electrons. The van der Waals surface area contributed by atoms with Gasteiger partial charge in [0.05, 0.1) is 11.4 Å². The zero-order valence-corrected chi connectivity index (χ0v) is 16.9. The molecule has 152 valence electrons. The first-order valence-corrected chi connectivity index (χ1v) is 9.70. The van der Waals surface area contributed by atoms with Crippen molar-refractivity contribution in [1.82, 2.24) is 14.8 Å². The first-order chi connectivity index (χ1) is 14.5. The van der Waals surface area contributed by atoms with Crippen LogP contribution in [-0.2, 0) is 6.54 Å². The predicted molar refractivity (Wildman–Crippen MR) is 119 cm³/mol. The van der Waals surface area contributed by atoms with E-state index in [0.29, 0.717) is 28.9 Å². The fourth-order valence-electron chi connectivity index (χ4n) is 3.01. The van der Waals surface area contributed by atoms with Crippen molar-refractivity contribution >= 4 is 28.9 Å². The Bertz CT molecular complexity index is 1230. The molecule has 0 aliphatic rings. The first kappa shape index (κ1) is 19.6. The van der Waals surface area contributed by atoms with Crippen molar-refractivity contribution < 1.29 is 5.11 Å². The van der Waals surface area contributed by atoms with E-state index >= 15 is 0 Å². The minimum Gasteiger partial charge on any atom is -0.506 e. The smallest absolute Gasteiger partial charge is 0.349 e. The average Bonchev–Trinajstić information content (AvgIpc) is 3.10. The monoisotopic (exact) mass is 421 g/mol. The summed E-state index contributed by atoms with van der Waals surface area (Å²) in [4.78, 5) is 15.0. The number of aryl methyl sites for hydroxylation is 1. The zero-order valence-electron chi connectivity index (χ0n) is 16.2. The summed E-state index contributed by atoms with van der Waals surface area (Å²) >= 11 is 5.96. The number of nitrogens with one attached hydrogen (secondary N) is 3. The number of phenolic OH excluding ortho intramolecular Hbond substituents is 1. The largest absolute Gasteiger partial charge is 0.506 e. The second kappa shape index (κ2) is 8.34. The van der Waals surface area contributed by atoms with Gasteiger partial charge < -0.3 is 15.7 Å². The van der Waals surface area contributed by atoms with E-state index < -0.39 is 0 Å². The van der Waals surface area contributed by atoms with E-state index in [0.717, 1.165) is 16.8 Å². The number of rotatable bonds is 6. The molecule has 0 atom stereocenters. The Morgan fingerprint density at radius 2 is 1.90 bits per heavy atom. The molecule has 0 bridgehead atoms. The summed E-state index contributed by atoms with van der Waals surface area (Å²) < 4.78 is 1.32. The highest BCUT2D eigenvalue weighted by Crippen LogP contribution is 2.27. The third-order valence-corrected chi connectivity index (χ3v) is 4.76. The number of nitrogens with zero attached hydrogens (tertiary/aromatic N) is 2. The normalized spacial score (nSPS) is 10.7. The molecule has 1 heterocycles. The van der Waals surface area contributed by atoms with E-state index in [-0.39, 0.29) is 11.4 Å². The van der Waals surface area contributed by atoms with Gasteiger partial charge in [-0.1, -0.05) is 35.9 Å². The molecular weight excluding hydrogens is 402 g/mol. The van der Waals surface area contributed by atoms with Crippen LogP contribution >= 0.6 is 11.6 Å². The van der Waals surface area contributed by atoms with Crippen LogP contribution in [0.25, 0.3) is 5.69 Å². The Labute approximate surface area is 178 Å². The first-order valence-electron chi connectivity index (χ1n) is 9.33. The molecule has 8 heteroatoms. The Hall–Kier alpha value is -3.71. The van der Waals surface area contributed by atoms with Crippen LogP contribution in [0.4, 0.5) is 17.3 Å². The topological polar surface area (TPSA) is 95.0 Å². The SMILES string of the molecule is Cc1cccc(-n2nc(Nc3ccc(CNc4cc(Cl)ccc4O)cc3)[nH]c2=O)c1. The summed E-state index contributed by atoms with van der Waals surface area (Å²) in [5.74, 6) is 0.502. The number of phenols is 1. The van der Waals surface area contributed by atoms with Gasteiger partial charge in [0.1, 0.15) is 5.75 Å². The summed E-state index contributed by atoms with van der Waals surface area (Å²) in [5.41, 5.74) is 3.81. The summed E-state index contributed by atoms with van der Waals surface area (Å²) in [6.07, 6.45) is 0. The van der Waals surface area contributed by atoms with Crippen LogP contribution in [-0.4, -0.2) is 19.9 Å². The summed E-state index contributed by atoms with van der Waals surface area (Å²) in [7, 11) is 0. The van der Waals surface area contributed by atoms with Crippen molar-refractivity contribution in [2.75, 3.05) is 10.6 Å². The van der Waals surface area contributed by atoms with Gasteiger partial charge in [-0.05, 0) is 60.5 Å². The fourth-order valence-corrected chi connectivity index (χ4v) is 3.18. The van der Waals surface area contributed by atoms with Gasteiger partial charge in [0.2, 0.25) is 5.95 Å². The summed E-state index contributed by atoms with van der Waals surface area (Å²) in [5, 5.41) is 21.0. The molecular formula is C22H20ClN5O2. The second-order valence-corrected chi connectivity index (χ2v) is 7.30. The molecule has 0 saturated heterocycles. The molecule has 0 spiro atoms. The molecule has 0 amide bonds. The minimum absolute atomic E-state index is 0.144. The van der Waals surface area contributed by atoms with Crippen LogP contribution in [0, 0.1) is 6.92 Å². The maximum atomic E-state index is 12.2. The number of halogens is 1. The predicted octanol–water partition coefficient (Wildman–Crippen LogP) is 4.58. The molecule has 0 fully saturated rings. The third-order valence-electron chi connectivity index (χ3n) is 4.52. The van der Waals surface area contributed by atoms with Crippen molar-refractivity contribution in [2.24, 2.45) is 0 Å². The molecule has 30 heavy (non-hydrogen) atoms. The van der Waals surface area contributed by atoms with Gasteiger partial charge in [0.25, 0.3) is 0 Å². The highest BCUT2D eigenvalue weighted by Gasteiger charge is 2.08. The van der Waals surface area contributed by atoms with Crippen LogP contribution in [0.5, 0.6) is 5.75 Å². The van der Waals surface area contributed by atoms with Crippen LogP contribution < -0.4 is 16.3 Å². The van der Waals surface area contributed by atoms with E-state index in [2.05, 4.69) is 20.7 Å². The molecule has 0 aliphatic carbocycles. The Balaban J connectivity index is 1.43. The molecule has 1 aromatic heterocycles. The molecule has 4 aromatic rings. The number of anilines is 3. The van der Waals surface area contributed by atoms with Gasteiger partial charge in [0, 0.05) is 17.3 Å². The molecule has 4 rings (SSSR count). The van der Waals surface area contributed by atoms with Gasteiger partial charge in [-0.2, -0.15) is 4.68 Å². The van der Waals surface area contributed by atoms with Gasteiger partial charge in [0.15, 0.2) is 0 Å². The molecule has 0 unspecified atom stereocenters. The van der Waals surface area contributed by atoms with Crippen LogP contribution in [0.2, 0.25) is 5.02 Å². The molecule has 4 N–H and O–H groups in total. The highest BCUT2D eigenvalue weighted by atomic mass is 35.5. The number of benzene rings is 3. The van der Waals surface area contributed by atoms with E-state index in [1.54, 1.807) is 18.2 Å². The maximum Gasteiger partial charge on any atom is 0.349 e. The van der Waals surface area contributed by atoms with Gasteiger partial charge in [-0.25, -0.2) is 4.79 Å². The van der Waals surface area contributed by atoms with Crippen LogP contribution in [0.15, 0.2) is 71.5 Å². The van der Waals surface area contributed by atoms with E-state index in [9.17, 15) is 9.90 Å². The molecule has 7 nitrogen and oxygen atoms in total. The number of H-pyrrole nitrogens is 1. The van der Waals surface area contributed by atoms with Crippen molar-refractivity contribution in [3.63, 3.8) is 0 Å². The van der Waals surface area contributed by atoms with E-state index in [4.69, 9.17) is 11.6 Å². The number of aromatic hydroxyl groups is 1.